The van der Waals surface area contributed by atoms with Crippen molar-refractivity contribution >= 4 is 55.0 Å². The minimum atomic E-state index is -3.92. The Bertz CT molecular complexity index is 1480. The van der Waals surface area contributed by atoms with Crippen LogP contribution in [0.4, 0.5) is 4.39 Å². The Balaban J connectivity index is 1.40. The summed E-state index contributed by atoms with van der Waals surface area (Å²) < 4.78 is 42.9. The first-order valence-corrected chi connectivity index (χ1v) is 16.5. The number of carbonyl (C=O) groups is 3. The number of halogens is 3. The van der Waals surface area contributed by atoms with Gasteiger partial charge in [-0.1, -0.05) is 52.7 Å². The Labute approximate surface area is 252 Å². The molecule has 0 bridgehead atoms. The molecule has 220 valence electrons. The van der Waals surface area contributed by atoms with Gasteiger partial charge in [0, 0.05) is 35.2 Å². The van der Waals surface area contributed by atoms with Crippen LogP contribution in [0.2, 0.25) is 5.02 Å². The van der Waals surface area contributed by atoms with Crippen molar-refractivity contribution < 1.29 is 27.2 Å². The predicted octanol–water partition coefficient (Wildman–Crippen LogP) is 3.93. The maximum atomic E-state index is 15.0. The molecule has 1 saturated heterocycles. The van der Waals surface area contributed by atoms with E-state index in [1.165, 1.54) is 23.1 Å². The number of rotatable bonds is 11. The molecular formula is C29H32BrClFN3O5S. The van der Waals surface area contributed by atoms with Crippen molar-refractivity contribution in [3.05, 3.63) is 63.3 Å². The van der Waals surface area contributed by atoms with E-state index < -0.39 is 50.1 Å². The molecule has 41 heavy (non-hydrogen) atoms. The molecule has 3 aliphatic rings. The van der Waals surface area contributed by atoms with E-state index in [1.54, 1.807) is 31.2 Å². The van der Waals surface area contributed by atoms with Gasteiger partial charge in [0.25, 0.3) is 5.91 Å². The highest BCUT2D eigenvalue weighted by Gasteiger charge is 2.57. The van der Waals surface area contributed by atoms with Gasteiger partial charge in [0.05, 0.1) is 26.6 Å². The average molecular weight is 669 g/mol. The molecule has 2 N–H and O–H groups in total. The molecular weight excluding hydrogens is 637 g/mol. The zero-order valence-corrected chi connectivity index (χ0v) is 25.7. The summed E-state index contributed by atoms with van der Waals surface area (Å²) >= 11 is 9.50. The summed E-state index contributed by atoms with van der Waals surface area (Å²) in [5.41, 5.74) is -0.788. The number of ketones is 1. The molecule has 2 aromatic carbocycles. The molecule has 2 aromatic rings. The van der Waals surface area contributed by atoms with E-state index in [1.807, 2.05) is 0 Å². The van der Waals surface area contributed by atoms with Crippen LogP contribution in [-0.2, 0) is 29.6 Å². The van der Waals surface area contributed by atoms with E-state index in [2.05, 4.69) is 26.6 Å². The number of benzene rings is 2. The zero-order chi connectivity index (χ0) is 29.5. The van der Waals surface area contributed by atoms with Crippen LogP contribution in [0.5, 0.6) is 0 Å². The largest absolute Gasteiger partial charge is 0.347 e. The van der Waals surface area contributed by atoms with Crippen LogP contribution < -0.4 is 10.6 Å². The van der Waals surface area contributed by atoms with Crippen molar-refractivity contribution in [2.45, 2.75) is 79.1 Å². The lowest BCUT2D eigenvalue weighted by Crippen LogP contribution is -2.51. The summed E-state index contributed by atoms with van der Waals surface area (Å²) in [7, 11) is -3.92. The molecule has 3 unspecified atom stereocenters. The maximum absolute atomic E-state index is 15.0. The summed E-state index contributed by atoms with van der Waals surface area (Å²) in [4.78, 5) is 40.8. The first-order chi connectivity index (χ1) is 19.5. The highest BCUT2D eigenvalue weighted by molar-refractivity contribution is 9.10. The predicted molar refractivity (Wildman–Crippen MR) is 156 cm³/mol. The van der Waals surface area contributed by atoms with Gasteiger partial charge < -0.3 is 15.5 Å². The molecule has 5 rings (SSSR count). The van der Waals surface area contributed by atoms with Gasteiger partial charge in [-0.3, -0.25) is 14.4 Å². The van der Waals surface area contributed by atoms with Crippen LogP contribution in [0.1, 0.15) is 51.0 Å². The van der Waals surface area contributed by atoms with Crippen LogP contribution in [0, 0.1) is 5.82 Å². The van der Waals surface area contributed by atoms with Crippen molar-refractivity contribution in [1.82, 2.24) is 15.5 Å². The first-order valence-electron chi connectivity index (χ1n) is 13.8. The Kier molecular flexibility index (Phi) is 8.63. The lowest BCUT2D eigenvalue weighted by atomic mass is 9.93. The number of nitrogens with one attached hydrogen (secondary N) is 2. The van der Waals surface area contributed by atoms with Gasteiger partial charge in [-0.05, 0) is 62.8 Å². The first kappa shape index (κ1) is 30.1. The Morgan fingerprint density at radius 3 is 2.49 bits per heavy atom. The summed E-state index contributed by atoms with van der Waals surface area (Å²) in [6.45, 7) is 1.78. The maximum Gasteiger partial charge on any atom is 0.289 e. The Morgan fingerprint density at radius 2 is 1.88 bits per heavy atom. The van der Waals surface area contributed by atoms with Crippen molar-refractivity contribution in [2.75, 3.05) is 13.1 Å². The number of sulfone groups is 1. The van der Waals surface area contributed by atoms with E-state index in [4.69, 9.17) is 11.6 Å². The molecule has 1 heterocycles. The summed E-state index contributed by atoms with van der Waals surface area (Å²) in [5.74, 6) is -2.08. The van der Waals surface area contributed by atoms with Gasteiger partial charge >= 0.3 is 0 Å². The monoisotopic (exact) mass is 667 g/mol. The van der Waals surface area contributed by atoms with Gasteiger partial charge in [-0.2, -0.15) is 0 Å². The minimum Gasteiger partial charge on any atom is -0.347 e. The molecule has 3 fully saturated rings. The van der Waals surface area contributed by atoms with Crippen molar-refractivity contribution in [3.8, 4) is 0 Å². The van der Waals surface area contributed by atoms with Crippen LogP contribution in [0.15, 0.2) is 51.8 Å². The molecule has 3 atom stereocenters. The van der Waals surface area contributed by atoms with Crippen molar-refractivity contribution in [1.29, 1.82) is 0 Å². The number of nitrogens with zero attached hydrogens (tertiary/aromatic N) is 1. The summed E-state index contributed by atoms with van der Waals surface area (Å²) in [5, 5.41) is 4.98. The van der Waals surface area contributed by atoms with E-state index in [0.29, 0.717) is 23.7 Å². The topological polar surface area (TPSA) is 113 Å². The second kappa shape index (κ2) is 11.7. The standard InChI is InChI=1S/C29H32BrClFN3O5S/c1-2-24(26(36)27(37)34-18-8-9-18)33-15-19-14-20(41(39,40)25-6-4-3-5-22(25)31)16-35(19)28(38)29(11-12-29)21-10-7-17(30)13-23(21)32/h3-7,10,13,18-20,24,33H,2,8-9,11-12,14-16H2,1H3,(H,34,37). The van der Waals surface area contributed by atoms with E-state index in [0.717, 1.165) is 12.8 Å². The molecule has 0 aromatic heterocycles. The molecule has 2 amide bonds. The molecule has 1 aliphatic heterocycles. The highest BCUT2D eigenvalue weighted by atomic mass is 79.9. The fraction of sp³-hybridized carbons (Fsp3) is 0.483. The van der Waals surface area contributed by atoms with Gasteiger partial charge in [0.15, 0.2) is 9.84 Å². The zero-order valence-electron chi connectivity index (χ0n) is 22.5. The minimum absolute atomic E-state index is 0.00822. The van der Waals surface area contributed by atoms with E-state index in [-0.39, 0.29) is 46.9 Å². The number of Topliss-reactive ketones (excluding diaryl/α,β-unsaturated/α-hetero) is 1. The summed E-state index contributed by atoms with van der Waals surface area (Å²) in [6.07, 6.45) is 3.03. The Hall–Kier alpha value is -2.34. The van der Waals surface area contributed by atoms with Crippen LogP contribution >= 0.6 is 27.5 Å². The van der Waals surface area contributed by atoms with Gasteiger partial charge in [0.2, 0.25) is 11.7 Å². The molecule has 12 heteroatoms. The highest BCUT2D eigenvalue weighted by Crippen LogP contribution is 2.52. The number of hydrogen-bond acceptors (Lipinski definition) is 6. The molecule has 0 radical (unpaired) electrons. The normalized spacial score (nSPS) is 22.3. The lowest BCUT2D eigenvalue weighted by molar-refractivity contribution is -0.139. The Morgan fingerprint density at radius 1 is 1.17 bits per heavy atom. The number of likely N-dealkylation sites (tertiary alicyclic amines) is 1. The second-order valence-electron chi connectivity index (χ2n) is 11.1. The van der Waals surface area contributed by atoms with Gasteiger partial charge in [-0.25, -0.2) is 12.8 Å². The van der Waals surface area contributed by atoms with Crippen LogP contribution in [0.3, 0.4) is 0 Å². The third-order valence-electron chi connectivity index (χ3n) is 8.29. The van der Waals surface area contributed by atoms with Crippen molar-refractivity contribution in [2.24, 2.45) is 0 Å². The molecule has 2 aliphatic carbocycles. The van der Waals surface area contributed by atoms with Crippen LogP contribution in [-0.4, -0.2) is 67.4 Å². The van der Waals surface area contributed by atoms with Gasteiger partial charge in [0.1, 0.15) is 5.82 Å². The van der Waals surface area contributed by atoms with Crippen LogP contribution in [0.25, 0.3) is 0 Å². The fourth-order valence-electron chi connectivity index (χ4n) is 5.61. The van der Waals surface area contributed by atoms with E-state index >= 15 is 4.39 Å². The fourth-order valence-corrected chi connectivity index (χ4v) is 8.21. The average Bonchev–Trinajstić information content (AvgIpc) is 3.87. The summed E-state index contributed by atoms with van der Waals surface area (Å²) in [6, 6.07) is 9.43. The number of hydrogen-bond donors (Lipinski definition) is 2. The molecule has 0 spiro atoms. The molecule has 8 nitrogen and oxygen atoms in total. The lowest BCUT2D eigenvalue weighted by Gasteiger charge is -2.30. The third-order valence-corrected chi connectivity index (χ3v) is 11.4. The number of carbonyl (C=O) groups excluding carboxylic acids is 3. The molecule has 2 saturated carbocycles. The smallest absolute Gasteiger partial charge is 0.289 e. The third kappa shape index (κ3) is 6.09. The van der Waals surface area contributed by atoms with E-state index in [9.17, 15) is 22.8 Å². The van der Waals surface area contributed by atoms with Gasteiger partial charge in [-0.15, -0.1) is 0 Å². The quantitative estimate of drug-likeness (QED) is 0.351. The SMILES string of the molecule is CCC(NCC1CC(S(=O)(=O)c2ccccc2Cl)CN1C(=O)C1(c2ccc(Br)cc2F)CC1)C(=O)C(=O)NC1CC1. The van der Waals surface area contributed by atoms with Crippen molar-refractivity contribution in [3.63, 3.8) is 0 Å². The number of amides is 2. The second-order valence-corrected chi connectivity index (χ2v) is 14.7.